The molecule has 0 unspecified atom stereocenters. The highest BCUT2D eigenvalue weighted by Crippen LogP contribution is 2.50. The fourth-order valence-corrected chi connectivity index (χ4v) is 4.06. The monoisotopic (exact) mass is 384 g/mol. The lowest BCUT2D eigenvalue weighted by molar-refractivity contribution is -0.139. The fourth-order valence-electron chi connectivity index (χ4n) is 4.06. The van der Waals surface area contributed by atoms with Gasteiger partial charge in [-0.25, -0.2) is 0 Å². The van der Waals surface area contributed by atoms with Gasteiger partial charge in [0.1, 0.15) is 22.8 Å². The number of hydrogen-bond acceptors (Lipinski definition) is 8. The van der Waals surface area contributed by atoms with Gasteiger partial charge in [-0.2, -0.15) is 0 Å². The van der Waals surface area contributed by atoms with Gasteiger partial charge in [0, 0.05) is 29.5 Å². The van der Waals surface area contributed by atoms with E-state index in [4.69, 9.17) is 0 Å². The molecule has 0 amide bonds. The maximum atomic E-state index is 12.9. The molecule has 28 heavy (non-hydrogen) atoms. The van der Waals surface area contributed by atoms with E-state index in [0.29, 0.717) is 0 Å². The summed E-state index contributed by atoms with van der Waals surface area (Å²) in [5.41, 5.74) is -3.84. The molecule has 0 aliphatic heterocycles. The Morgan fingerprint density at radius 3 is 2.32 bits per heavy atom. The van der Waals surface area contributed by atoms with Crippen LogP contribution >= 0.6 is 0 Å². The highest BCUT2D eigenvalue weighted by Gasteiger charge is 2.47. The average molecular weight is 384 g/mol. The number of carbonyl (C=O) groups excluding carboxylic acids is 3. The first kappa shape index (κ1) is 18.1. The second-order valence-corrected chi connectivity index (χ2v) is 7.18. The Bertz CT molecular complexity index is 1100. The van der Waals surface area contributed by atoms with Crippen LogP contribution in [0.5, 0.6) is 17.2 Å². The Balaban J connectivity index is 2.05. The Hall–Kier alpha value is -3.23. The molecule has 2 aliphatic carbocycles. The van der Waals surface area contributed by atoms with Gasteiger partial charge in [0.25, 0.3) is 0 Å². The van der Waals surface area contributed by atoms with Crippen molar-refractivity contribution in [2.75, 3.05) is 0 Å². The molecule has 4 rings (SSSR count). The molecule has 2 aromatic carbocycles. The zero-order valence-electron chi connectivity index (χ0n) is 14.7. The maximum Gasteiger partial charge on any atom is 0.202 e. The minimum absolute atomic E-state index is 0.148. The summed E-state index contributed by atoms with van der Waals surface area (Å²) in [5, 5.41) is 52.4. The van der Waals surface area contributed by atoms with Crippen LogP contribution in [-0.4, -0.2) is 48.5 Å². The third kappa shape index (κ3) is 2.15. The number of fused-ring (bicyclic) bond motifs is 3. The van der Waals surface area contributed by atoms with Crippen molar-refractivity contribution in [3.05, 3.63) is 51.6 Å². The van der Waals surface area contributed by atoms with Crippen LogP contribution in [0.1, 0.15) is 62.4 Å². The number of aliphatic hydroxyl groups excluding tert-OH is 1. The van der Waals surface area contributed by atoms with E-state index in [1.165, 1.54) is 18.2 Å². The predicted molar refractivity (Wildman–Crippen MR) is 93.7 cm³/mol. The number of aliphatic hydroxyl groups is 2. The Kier molecular flexibility index (Phi) is 3.65. The number of aromatic hydroxyl groups is 3. The fraction of sp³-hybridized carbons (Fsp3) is 0.250. The topological polar surface area (TPSA) is 152 Å². The normalized spacial score (nSPS) is 23.0. The van der Waals surface area contributed by atoms with Crippen molar-refractivity contribution >= 4 is 17.3 Å². The van der Waals surface area contributed by atoms with Gasteiger partial charge < -0.3 is 25.5 Å². The molecule has 8 nitrogen and oxygen atoms in total. The highest BCUT2D eigenvalue weighted by molar-refractivity contribution is 6.31. The first-order valence-electron chi connectivity index (χ1n) is 8.52. The molecule has 0 bridgehead atoms. The van der Waals surface area contributed by atoms with Crippen molar-refractivity contribution in [1.29, 1.82) is 0 Å². The van der Waals surface area contributed by atoms with Gasteiger partial charge in [-0.3, -0.25) is 14.4 Å². The van der Waals surface area contributed by atoms with Gasteiger partial charge >= 0.3 is 0 Å². The van der Waals surface area contributed by atoms with Gasteiger partial charge in [0.15, 0.2) is 11.6 Å². The second kappa shape index (κ2) is 5.63. The van der Waals surface area contributed by atoms with Crippen molar-refractivity contribution in [2.45, 2.75) is 31.5 Å². The molecule has 0 fully saturated rings. The molecule has 0 radical (unpaired) electrons. The average Bonchev–Trinajstić information content (AvgIpc) is 2.61. The molecule has 2 aromatic rings. The van der Waals surface area contributed by atoms with Crippen LogP contribution in [-0.2, 0) is 11.2 Å². The number of carbonyl (C=O) groups is 3. The van der Waals surface area contributed by atoms with E-state index in [0.717, 1.165) is 6.92 Å². The molecular formula is C20H16O8. The molecule has 0 saturated carbocycles. The summed E-state index contributed by atoms with van der Waals surface area (Å²) in [6, 6.07) is 3.87. The number of phenols is 3. The highest BCUT2D eigenvalue weighted by atomic mass is 16.3. The summed E-state index contributed by atoms with van der Waals surface area (Å²) in [6.45, 7) is 1.13. The van der Waals surface area contributed by atoms with E-state index in [-0.39, 0.29) is 22.3 Å². The third-order valence-electron chi connectivity index (χ3n) is 5.55. The zero-order chi connectivity index (χ0) is 20.5. The Morgan fingerprint density at radius 2 is 1.68 bits per heavy atom. The summed E-state index contributed by atoms with van der Waals surface area (Å²) < 4.78 is 0. The molecule has 0 aromatic heterocycles. The molecular weight excluding hydrogens is 368 g/mol. The lowest BCUT2D eigenvalue weighted by Crippen LogP contribution is -2.44. The number of rotatable bonds is 1. The SMILES string of the molecule is CC(=O)[C@]1(O)Cc2c(O)c3c(c(O)c2[C@@H](O)C1)C(=O)c1c(O)cccc1C3=O. The van der Waals surface area contributed by atoms with Gasteiger partial charge in [-0.15, -0.1) is 0 Å². The zero-order valence-corrected chi connectivity index (χ0v) is 14.7. The summed E-state index contributed by atoms with van der Waals surface area (Å²) in [4.78, 5) is 37.6. The van der Waals surface area contributed by atoms with E-state index in [2.05, 4.69) is 0 Å². The molecule has 0 spiro atoms. The number of benzene rings is 2. The molecule has 2 atom stereocenters. The minimum atomic E-state index is -1.98. The largest absolute Gasteiger partial charge is 0.507 e. The van der Waals surface area contributed by atoms with Gasteiger partial charge in [0.05, 0.1) is 22.8 Å². The van der Waals surface area contributed by atoms with E-state index in [9.17, 15) is 39.9 Å². The number of phenolic OH excluding ortho intramolecular Hbond substituents is 3. The quantitative estimate of drug-likeness (QED) is 0.388. The van der Waals surface area contributed by atoms with Crippen molar-refractivity contribution in [1.82, 2.24) is 0 Å². The standard InChI is InChI=1S/C20H16O8/c1-7(21)20(28)5-9-13(11(23)6-20)19(27)15-14(17(9)25)16(24)8-3-2-4-10(22)12(8)18(15)26/h2-4,11,22-23,25,27-28H,5-6H2,1H3/t11-,20-/m0/s1. The minimum Gasteiger partial charge on any atom is -0.507 e. The van der Waals surface area contributed by atoms with Crippen molar-refractivity contribution in [3.63, 3.8) is 0 Å². The third-order valence-corrected chi connectivity index (χ3v) is 5.55. The van der Waals surface area contributed by atoms with Crippen molar-refractivity contribution in [2.24, 2.45) is 0 Å². The molecule has 5 N–H and O–H groups in total. The number of Topliss-reactive ketones (excluding diaryl/α,β-unsaturated/α-hetero) is 1. The van der Waals surface area contributed by atoms with Crippen LogP contribution in [0.2, 0.25) is 0 Å². The summed E-state index contributed by atoms with van der Waals surface area (Å²) >= 11 is 0. The van der Waals surface area contributed by atoms with Crippen LogP contribution in [0.15, 0.2) is 18.2 Å². The second-order valence-electron chi connectivity index (χ2n) is 7.18. The van der Waals surface area contributed by atoms with E-state index in [1.54, 1.807) is 0 Å². The van der Waals surface area contributed by atoms with Gasteiger partial charge in [-0.05, 0) is 13.0 Å². The smallest absolute Gasteiger partial charge is 0.202 e. The summed E-state index contributed by atoms with van der Waals surface area (Å²) in [6.07, 6.45) is -2.43. The van der Waals surface area contributed by atoms with Crippen LogP contribution in [0, 0.1) is 0 Å². The van der Waals surface area contributed by atoms with Crippen LogP contribution < -0.4 is 0 Å². The molecule has 8 heteroatoms. The molecule has 144 valence electrons. The Labute approximate surface area is 158 Å². The number of hydrogen-bond donors (Lipinski definition) is 5. The molecule has 0 saturated heterocycles. The predicted octanol–water partition coefficient (Wildman–Crippen LogP) is 0.878. The van der Waals surface area contributed by atoms with Gasteiger partial charge in [0.2, 0.25) is 5.78 Å². The molecule has 0 heterocycles. The molecule has 2 aliphatic rings. The maximum absolute atomic E-state index is 12.9. The van der Waals surface area contributed by atoms with E-state index >= 15 is 0 Å². The first-order chi connectivity index (χ1) is 13.1. The lowest BCUT2D eigenvalue weighted by atomic mass is 9.72. The van der Waals surface area contributed by atoms with Crippen molar-refractivity contribution in [3.8, 4) is 17.2 Å². The van der Waals surface area contributed by atoms with Crippen molar-refractivity contribution < 1.29 is 39.9 Å². The van der Waals surface area contributed by atoms with Crippen LogP contribution in [0.4, 0.5) is 0 Å². The van der Waals surface area contributed by atoms with Gasteiger partial charge in [-0.1, -0.05) is 12.1 Å². The van der Waals surface area contributed by atoms with Crippen LogP contribution in [0.3, 0.4) is 0 Å². The van der Waals surface area contributed by atoms with E-state index in [1.807, 2.05) is 0 Å². The Morgan fingerprint density at radius 1 is 1.04 bits per heavy atom. The lowest BCUT2D eigenvalue weighted by Gasteiger charge is -2.36. The first-order valence-corrected chi connectivity index (χ1v) is 8.52. The summed E-state index contributed by atoms with van der Waals surface area (Å²) in [7, 11) is 0. The van der Waals surface area contributed by atoms with Crippen LogP contribution in [0.25, 0.3) is 0 Å². The van der Waals surface area contributed by atoms with E-state index < -0.39 is 70.3 Å². The number of ketones is 3. The summed E-state index contributed by atoms with van der Waals surface area (Å²) in [5.74, 6) is -4.18.